The summed E-state index contributed by atoms with van der Waals surface area (Å²) in [6.45, 7) is 0. The van der Waals surface area contributed by atoms with Crippen LogP contribution in [0.1, 0.15) is 17.2 Å². The van der Waals surface area contributed by atoms with Crippen LogP contribution < -0.4 is 11.3 Å². The van der Waals surface area contributed by atoms with E-state index < -0.39 is 0 Å². The minimum Gasteiger partial charge on any atom is -0.271 e. The maximum absolute atomic E-state index is 13.8. The Morgan fingerprint density at radius 1 is 1.19 bits per heavy atom. The summed E-state index contributed by atoms with van der Waals surface area (Å²) in [5.41, 5.74) is 4.52. The second-order valence-corrected chi connectivity index (χ2v) is 5.57. The highest BCUT2D eigenvalue weighted by Crippen LogP contribution is 2.29. The SMILES string of the molecule is NNC(c1ccc(Br)c(F)c1)c1cccc2cnccc12. The molecule has 1 heterocycles. The second-order valence-electron chi connectivity index (χ2n) is 4.72. The first-order valence-electron chi connectivity index (χ1n) is 6.44. The van der Waals surface area contributed by atoms with Gasteiger partial charge in [-0.15, -0.1) is 0 Å². The number of benzene rings is 2. The van der Waals surface area contributed by atoms with E-state index in [9.17, 15) is 4.39 Å². The van der Waals surface area contributed by atoms with E-state index in [-0.39, 0.29) is 11.9 Å². The van der Waals surface area contributed by atoms with Crippen molar-refractivity contribution in [3.8, 4) is 0 Å². The van der Waals surface area contributed by atoms with E-state index in [0.717, 1.165) is 21.9 Å². The smallest absolute Gasteiger partial charge is 0.137 e. The van der Waals surface area contributed by atoms with Gasteiger partial charge in [0.2, 0.25) is 0 Å². The second kappa shape index (κ2) is 5.89. The molecule has 0 aliphatic rings. The molecule has 0 spiro atoms. The first kappa shape index (κ1) is 14.1. The summed E-state index contributed by atoms with van der Waals surface area (Å²) in [5.74, 6) is 5.41. The summed E-state index contributed by atoms with van der Waals surface area (Å²) in [6.07, 6.45) is 3.54. The van der Waals surface area contributed by atoms with Crippen molar-refractivity contribution in [3.05, 3.63) is 76.3 Å². The van der Waals surface area contributed by atoms with Crippen molar-refractivity contribution in [2.24, 2.45) is 5.84 Å². The number of hydrogen-bond donors (Lipinski definition) is 2. The molecule has 0 radical (unpaired) electrons. The lowest BCUT2D eigenvalue weighted by atomic mass is 9.95. The largest absolute Gasteiger partial charge is 0.271 e. The summed E-state index contributed by atoms with van der Waals surface area (Å²) in [5, 5.41) is 2.06. The summed E-state index contributed by atoms with van der Waals surface area (Å²) in [7, 11) is 0. The van der Waals surface area contributed by atoms with Crippen LogP contribution in [0, 0.1) is 5.82 Å². The van der Waals surface area contributed by atoms with Gasteiger partial charge in [-0.25, -0.2) is 9.82 Å². The van der Waals surface area contributed by atoms with Crippen LogP contribution in [0.25, 0.3) is 10.8 Å². The van der Waals surface area contributed by atoms with Crippen LogP contribution in [0.15, 0.2) is 59.3 Å². The average molecular weight is 346 g/mol. The number of rotatable bonds is 3. The number of fused-ring (bicyclic) bond motifs is 1. The zero-order valence-electron chi connectivity index (χ0n) is 11.1. The quantitative estimate of drug-likeness (QED) is 0.562. The van der Waals surface area contributed by atoms with Crippen molar-refractivity contribution in [2.75, 3.05) is 0 Å². The molecule has 3 nitrogen and oxygen atoms in total. The zero-order chi connectivity index (χ0) is 14.8. The monoisotopic (exact) mass is 345 g/mol. The third-order valence-corrected chi connectivity index (χ3v) is 4.11. The van der Waals surface area contributed by atoms with Crippen LogP contribution in [0.3, 0.4) is 0 Å². The Bertz CT molecular complexity index is 786. The van der Waals surface area contributed by atoms with E-state index in [4.69, 9.17) is 5.84 Å². The first-order valence-corrected chi connectivity index (χ1v) is 7.23. The van der Waals surface area contributed by atoms with Gasteiger partial charge in [0.15, 0.2) is 0 Å². The summed E-state index contributed by atoms with van der Waals surface area (Å²) in [4.78, 5) is 4.12. The Morgan fingerprint density at radius 3 is 2.81 bits per heavy atom. The Morgan fingerprint density at radius 2 is 2.05 bits per heavy atom. The van der Waals surface area contributed by atoms with E-state index in [1.54, 1.807) is 18.5 Å². The molecule has 0 saturated heterocycles. The topological polar surface area (TPSA) is 50.9 Å². The number of pyridine rings is 1. The Kier molecular flexibility index (Phi) is 3.96. The molecule has 0 fully saturated rings. The van der Waals surface area contributed by atoms with Gasteiger partial charge in [0.25, 0.3) is 0 Å². The van der Waals surface area contributed by atoms with Crippen LogP contribution in [0.5, 0.6) is 0 Å². The maximum atomic E-state index is 13.8. The molecule has 3 aromatic rings. The fourth-order valence-electron chi connectivity index (χ4n) is 2.46. The Labute approximate surface area is 130 Å². The summed E-state index contributed by atoms with van der Waals surface area (Å²) >= 11 is 3.16. The molecule has 3 N–H and O–H groups in total. The standard InChI is InChI=1S/C16H13BrFN3/c17-14-5-4-10(8-15(14)18)16(21-19)13-3-1-2-11-9-20-7-6-12(11)13/h1-9,16,21H,19H2. The predicted octanol–water partition coefficient (Wildman–Crippen LogP) is 3.69. The third kappa shape index (κ3) is 2.68. The van der Waals surface area contributed by atoms with Gasteiger partial charge in [-0.3, -0.25) is 10.8 Å². The molecule has 3 rings (SSSR count). The lowest BCUT2D eigenvalue weighted by Crippen LogP contribution is -2.29. The first-order chi connectivity index (χ1) is 10.2. The number of halogens is 2. The lowest BCUT2D eigenvalue weighted by Gasteiger charge is -2.19. The molecule has 2 aromatic carbocycles. The van der Waals surface area contributed by atoms with E-state index in [1.165, 1.54) is 6.07 Å². The van der Waals surface area contributed by atoms with Gasteiger partial charge in [0.1, 0.15) is 5.82 Å². The molecule has 106 valence electrons. The molecular weight excluding hydrogens is 333 g/mol. The van der Waals surface area contributed by atoms with Crippen molar-refractivity contribution in [2.45, 2.75) is 6.04 Å². The molecular formula is C16H13BrFN3. The van der Waals surface area contributed by atoms with Crippen LogP contribution in [-0.4, -0.2) is 4.98 Å². The lowest BCUT2D eigenvalue weighted by molar-refractivity contribution is 0.602. The molecule has 21 heavy (non-hydrogen) atoms. The van der Waals surface area contributed by atoms with Gasteiger partial charge in [-0.05, 0) is 50.6 Å². The van der Waals surface area contributed by atoms with Crippen molar-refractivity contribution < 1.29 is 4.39 Å². The van der Waals surface area contributed by atoms with Gasteiger partial charge in [0, 0.05) is 17.8 Å². The van der Waals surface area contributed by atoms with Crippen LogP contribution in [0.4, 0.5) is 4.39 Å². The van der Waals surface area contributed by atoms with Crippen LogP contribution in [-0.2, 0) is 0 Å². The molecule has 0 aliphatic carbocycles. The highest BCUT2D eigenvalue weighted by atomic mass is 79.9. The minimum absolute atomic E-state index is 0.293. The number of nitrogens with two attached hydrogens (primary N) is 1. The number of hydrazine groups is 1. The van der Waals surface area contributed by atoms with Gasteiger partial charge in [-0.2, -0.15) is 0 Å². The normalized spacial score (nSPS) is 12.5. The average Bonchev–Trinajstić information content (AvgIpc) is 2.52. The van der Waals surface area contributed by atoms with Crippen molar-refractivity contribution in [3.63, 3.8) is 0 Å². The minimum atomic E-state index is -0.311. The fourth-order valence-corrected chi connectivity index (χ4v) is 2.70. The molecule has 0 saturated carbocycles. The van der Waals surface area contributed by atoms with E-state index in [2.05, 4.69) is 26.3 Å². The maximum Gasteiger partial charge on any atom is 0.137 e. The highest BCUT2D eigenvalue weighted by molar-refractivity contribution is 9.10. The van der Waals surface area contributed by atoms with Crippen LogP contribution in [0.2, 0.25) is 0 Å². The fraction of sp³-hybridized carbons (Fsp3) is 0.0625. The Balaban J connectivity index is 2.16. The highest BCUT2D eigenvalue weighted by Gasteiger charge is 2.16. The van der Waals surface area contributed by atoms with Gasteiger partial charge >= 0.3 is 0 Å². The summed E-state index contributed by atoms with van der Waals surface area (Å²) in [6, 6.07) is 12.6. The predicted molar refractivity (Wildman–Crippen MR) is 85.0 cm³/mol. The molecule has 0 amide bonds. The number of hydrogen-bond acceptors (Lipinski definition) is 3. The molecule has 0 aliphatic heterocycles. The van der Waals surface area contributed by atoms with Crippen molar-refractivity contribution >= 4 is 26.7 Å². The number of nitrogens with zero attached hydrogens (tertiary/aromatic N) is 1. The van der Waals surface area contributed by atoms with Gasteiger partial charge < -0.3 is 0 Å². The molecule has 5 heteroatoms. The van der Waals surface area contributed by atoms with Crippen molar-refractivity contribution in [1.29, 1.82) is 0 Å². The Hall–Kier alpha value is -1.82. The van der Waals surface area contributed by atoms with E-state index in [1.807, 2.05) is 30.3 Å². The molecule has 1 atom stereocenters. The molecule has 1 unspecified atom stereocenters. The number of nitrogens with one attached hydrogen (secondary N) is 1. The molecule has 1 aromatic heterocycles. The van der Waals surface area contributed by atoms with Gasteiger partial charge in [-0.1, -0.05) is 24.3 Å². The number of aromatic nitrogens is 1. The summed E-state index contributed by atoms with van der Waals surface area (Å²) < 4.78 is 14.2. The van der Waals surface area contributed by atoms with Gasteiger partial charge in [0.05, 0.1) is 10.5 Å². The van der Waals surface area contributed by atoms with E-state index >= 15 is 0 Å². The zero-order valence-corrected chi connectivity index (χ0v) is 12.6. The third-order valence-electron chi connectivity index (χ3n) is 3.47. The molecule has 0 bridgehead atoms. The van der Waals surface area contributed by atoms with E-state index in [0.29, 0.717) is 4.47 Å². The van der Waals surface area contributed by atoms with Crippen molar-refractivity contribution in [1.82, 2.24) is 10.4 Å². The van der Waals surface area contributed by atoms with Crippen LogP contribution >= 0.6 is 15.9 Å².